The van der Waals surface area contributed by atoms with Crippen LogP contribution in [0.5, 0.6) is 5.75 Å². The summed E-state index contributed by atoms with van der Waals surface area (Å²) in [7, 11) is 1.63. The molecule has 2 heteroatoms. The van der Waals surface area contributed by atoms with Gasteiger partial charge in [0.15, 0.2) is 5.78 Å². The average molecular weight is 310 g/mol. The Bertz CT molecular complexity index is 621. The van der Waals surface area contributed by atoms with E-state index in [-0.39, 0.29) is 11.2 Å². The van der Waals surface area contributed by atoms with Crippen LogP contribution in [0.1, 0.15) is 43.1 Å². The van der Waals surface area contributed by atoms with Gasteiger partial charge in [-0.1, -0.05) is 51.1 Å². The van der Waals surface area contributed by atoms with E-state index in [9.17, 15) is 4.79 Å². The number of Topliss-reactive ketones (excluding diaryl/α,β-unsaturated/α-hetero) is 1. The molecule has 2 rings (SSSR count). The normalized spacial score (nSPS) is 12.7. The molecule has 0 N–H and O–H groups in total. The molecule has 0 aliphatic heterocycles. The molecule has 2 aromatic carbocycles. The van der Waals surface area contributed by atoms with Crippen molar-refractivity contribution in [3.05, 3.63) is 65.7 Å². The Labute approximate surface area is 139 Å². The highest BCUT2D eigenvalue weighted by Crippen LogP contribution is 2.33. The maximum Gasteiger partial charge on any atom is 0.163 e. The first-order valence-corrected chi connectivity index (χ1v) is 8.11. The van der Waals surface area contributed by atoms with Gasteiger partial charge in [0.2, 0.25) is 0 Å². The lowest BCUT2D eigenvalue weighted by atomic mass is 9.74. The van der Waals surface area contributed by atoms with Crippen molar-refractivity contribution in [1.29, 1.82) is 0 Å². The van der Waals surface area contributed by atoms with Crippen LogP contribution in [-0.4, -0.2) is 12.9 Å². The molecule has 0 amide bonds. The summed E-state index contributed by atoms with van der Waals surface area (Å²) < 4.78 is 5.15. The van der Waals surface area contributed by atoms with Gasteiger partial charge in [0, 0.05) is 12.0 Å². The summed E-state index contributed by atoms with van der Waals surface area (Å²) in [6, 6.07) is 17.8. The second-order valence-electron chi connectivity index (χ2n) is 7.11. The lowest BCUT2D eigenvalue weighted by Crippen LogP contribution is -2.25. The third-order valence-corrected chi connectivity index (χ3v) is 4.39. The molecule has 0 spiro atoms. The summed E-state index contributed by atoms with van der Waals surface area (Å²) >= 11 is 0. The van der Waals surface area contributed by atoms with E-state index in [1.54, 1.807) is 7.11 Å². The molecule has 2 nitrogen and oxygen atoms in total. The zero-order chi connectivity index (χ0) is 16.9. The highest BCUT2D eigenvalue weighted by molar-refractivity contribution is 5.96. The number of carbonyl (C=O) groups is 1. The fourth-order valence-electron chi connectivity index (χ4n) is 2.70. The van der Waals surface area contributed by atoms with Crippen LogP contribution in [0.2, 0.25) is 0 Å². The third-order valence-electron chi connectivity index (χ3n) is 4.39. The van der Waals surface area contributed by atoms with Crippen molar-refractivity contribution in [1.82, 2.24) is 0 Å². The number of ketones is 1. The fourth-order valence-corrected chi connectivity index (χ4v) is 2.70. The van der Waals surface area contributed by atoms with Crippen molar-refractivity contribution in [2.75, 3.05) is 7.11 Å². The summed E-state index contributed by atoms with van der Waals surface area (Å²) in [4.78, 5) is 12.7. The average Bonchev–Trinajstić information content (AvgIpc) is 2.54. The van der Waals surface area contributed by atoms with Gasteiger partial charge in [-0.05, 0) is 47.6 Å². The van der Waals surface area contributed by atoms with Gasteiger partial charge in [-0.2, -0.15) is 0 Å². The van der Waals surface area contributed by atoms with Crippen LogP contribution in [0.3, 0.4) is 0 Å². The maximum atomic E-state index is 12.7. The molecular formula is C21H26O2. The first-order valence-electron chi connectivity index (χ1n) is 8.11. The monoisotopic (exact) mass is 310 g/mol. The van der Waals surface area contributed by atoms with Crippen LogP contribution >= 0.6 is 0 Å². The second-order valence-corrected chi connectivity index (χ2v) is 7.11. The molecule has 0 saturated heterocycles. The zero-order valence-corrected chi connectivity index (χ0v) is 14.5. The molecule has 1 atom stereocenters. The van der Waals surface area contributed by atoms with Gasteiger partial charge in [-0.3, -0.25) is 4.79 Å². The number of hydrogen-bond donors (Lipinski definition) is 0. The largest absolute Gasteiger partial charge is 0.497 e. The topological polar surface area (TPSA) is 26.3 Å². The van der Waals surface area contributed by atoms with E-state index < -0.39 is 0 Å². The number of benzene rings is 2. The first kappa shape index (κ1) is 17.3. The number of hydrogen-bond acceptors (Lipinski definition) is 2. The van der Waals surface area contributed by atoms with Gasteiger partial charge in [-0.15, -0.1) is 0 Å². The third kappa shape index (κ3) is 4.95. The van der Waals surface area contributed by atoms with Crippen LogP contribution in [-0.2, 0) is 6.42 Å². The molecular weight excluding hydrogens is 284 g/mol. The Morgan fingerprint density at radius 3 is 2.13 bits per heavy atom. The van der Waals surface area contributed by atoms with E-state index in [0.717, 1.165) is 17.7 Å². The van der Waals surface area contributed by atoms with Crippen LogP contribution in [0, 0.1) is 11.3 Å². The number of rotatable bonds is 6. The Morgan fingerprint density at radius 2 is 1.61 bits per heavy atom. The molecule has 0 fully saturated rings. The van der Waals surface area contributed by atoms with Crippen LogP contribution in [0.25, 0.3) is 0 Å². The van der Waals surface area contributed by atoms with Crippen molar-refractivity contribution in [2.24, 2.45) is 11.3 Å². The van der Waals surface area contributed by atoms with E-state index in [2.05, 4.69) is 45.0 Å². The standard InChI is InChI=1S/C21H26O2/c1-21(2,3)18(14-16-8-6-5-7-9-16)15-20(22)17-10-12-19(23-4)13-11-17/h5-13,18H,14-15H2,1-4H3/t18-/m1/s1. The van der Waals surface area contributed by atoms with Crippen LogP contribution < -0.4 is 4.74 Å². The quantitative estimate of drug-likeness (QED) is 0.688. The van der Waals surface area contributed by atoms with Gasteiger partial charge < -0.3 is 4.74 Å². The molecule has 0 aliphatic rings. The van der Waals surface area contributed by atoms with E-state index in [1.165, 1.54) is 5.56 Å². The van der Waals surface area contributed by atoms with Gasteiger partial charge >= 0.3 is 0 Å². The summed E-state index contributed by atoms with van der Waals surface area (Å²) in [5.41, 5.74) is 2.13. The highest BCUT2D eigenvalue weighted by atomic mass is 16.5. The highest BCUT2D eigenvalue weighted by Gasteiger charge is 2.27. The summed E-state index contributed by atoms with van der Waals surface area (Å²) in [6.45, 7) is 6.63. The lowest BCUT2D eigenvalue weighted by Gasteiger charge is -2.30. The molecule has 0 bridgehead atoms. The predicted molar refractivity (Wildman–Crippen MR) is 95.0 cm³/mol. The summed E-state index contributed by atoms with van der Waals surface area (Å²) in [5, 5.41) is 0. The van der Waals surface area contributed by atoms with E-state index in [4.69, 9.17) is 4.74 Å². The van der Waals surface area contributed by atoms with Gasteiger partial charge in [0.1, 0.15) is 5.75 Å². The van der Waals surface area contributed by atoms with Crippen molar-refractivity contribution in [3.8, 4) is 5.75 Å². The smallest absolute Gasteiger partial charge is 0.163 e. The molecule has 0 aromatic heterocycles. The van der Waals surface area contributed by atoms with Crippen LogP contribution in [0.15, 0.2) is 54.6 Å². The molecule has 0 aliphatic carbocycles. The number of methoxy groups -OCH3 is 1. The van der Waals surface area contributed by atoms with E-state index >= 15 is 0 Å². The van der Waals surface area contributed by atoms with E-state index in [0.29, 0.717) is 12.3 Å². The molecule has 122 valence electrons. The van der Waals surface area contributed by atoms with Crippen molar-refractivity contribution in [3.63, 3.8) is 0 Å². The Hall–Kier alpha value is -2.09. The van der Waals surface area contributed by atoms with Gasteiger partial charge in [0.25, 0.3) is 0 Å². The SMILES string of the molecule is COc1ccc(C(=O)C[C@@H](Cc2ccccc2)C(C)(C)C)cc1. The minimum atomic E-state index is 0.0813. The maximum absolute atomic E-state index is 12.7. The molecule has 23 heavy (non-hydrogen) atoms. The summed E-state index contributed by atoms with van der Waals surface area (Å²) in [5.74, 6) is 1.28. The minimum absolute atomic E-state index is 0.0813. The molecule has 0 radical (unpaired) electrons. The predicted octanol–water partition coefficient (Wildman–Crippen LogP) is 5.17. The summed E-state index contributed by atoms with van der Waals surface area (Å²) in [6.07, 6.45) is 1.48. The van der Waals surface area contributed by atoms with Gasteiger partial charge in [-0.25, -0.2) is 0 Å². The molecule has 0 heterocycles. The minimum Gasteiger partial charge on any atom is -0.497 e. The Balaban J connectivity index is 2.12. The second kappa shape index (κ2) is 7.45. The Morgan fingerprint density at radius 1 is 1.00 bits per heavy atom. The fraction of sp³-hybridized carbons (Fsp3) is 0.381. The molecule has 0 saturated carbocycles. The van der Waals surface area contributed by atoms with Crippen molar-refractivity contribution in [2.45, 2.75) is 33.6 Å². The lowest BCUT2D eigenvalue weighted by molar-refractivity contribution is 0.0915. The first-order chi connectivity index (χ1) is 10.9. The molecule has 0 unspecified atom stereocenters. The zero-order valence-electron chi connectivity index (χ0n) is 14.5. The van der Waals surface area contributed by atoms with E-state index in [1.807, 2.05) is 30.3 Å². The molecule has 2 aromatic rings. The van der Waals surface area contributed by atoms with Gasteiger partial charge in [0.05, 0.1) is 7.11 Å². The number of ether oxygens (including phenoxy) is 1. The van der Waals surface area contributed by atoms with Crippen LogP contribution in [0.4, 0.5) is 0 Å². The van der Waals surface area contributed by atoms with Crippen molar-refractivity contribution >= 4 is 5.78 Å². The Kier molecular flexibility index (Phi) is 5.59. The number of carbonyl (C=O) groups excluding carboxylic acids is 1. The van der Waals surface area contributed by atoms with Crippen molar-refractivity contribution < 1.29 is 9.53 Å².